The van der Waals surface area contributed by atoms with E-state index in [-0.39, 0.29) is 5.56 Å². The lowest BCUT2D eigenvalue weighted by Crippen LogP contribution is -2.08. The van der Waals surface area contributed by atoms with Gasteiger partial charge in [-0.2, -0.15) is 8.78 Å². The van der Waals surface area contributed by atoms with Gasteiger partial charge in [-0.1, -0.05) is 6.58 Å². The van der Waals surface area contributed by atoms with E-state index in [0.717, 1.165) is 24.3 Å². The Morgan fingerprint density at radius 3 is 2.08 bits per heavy atom. The molecule has 0 aromatic heterocycles. The van der Waals surface area contributed by atoms with Crippen molar-refractivity contribution in [3.63, 3.8) is 0 Å². The van der Waals surface area contributed by atoms with E-state index in [1.807, 2.05) is 0 Å². The van der Waals surface area contributed by atoms with E-state index in [4.69, 9.17) is 0 Å². The lowest BCUT2D eigenvalue weighted by atomic mass is 10.1. The van der Waals surface area contributed by atoms with Crippen molar-refractivity contribution in [3.05, 3.63) is 48.3 Å². The maximum Gasteiger partial charge on any atom is 0.291 e. The van der Waals surface area contributed by atoms with Crippen LogP contribution in [-0.4, -0.2) is 0 Å². The van der Waals surface area contributed by atoms with Crippen LogP contribution in [0.5, 0.6) is 0 Å². The first-order valence-electron chi connectivity index (χ1n) is 3.34. The van der Waals surface area contributed by atoms with Crippen LogP contribution in [0.2, 0.25) is 0 Å². The fourth-order valence-electron chi connectivity index (χ4n) is 0.790. The van der Waals surface area contributed by atoms with Crippen LogP contribution in [0.25, 0.3) is 0 Å². The molecule has 0 N–H and O–H groups in total. The molecule has 0 aliphatic carbocycles. The number of hydrogen-bond acceptors (Lipinski definition) is 0. The molecule has 0 spiro atoms. The summed E-state index contributed by atoms with van der Waals surface area (Å²) in [5, 5.41) is 0. The van der Waals surface area contributed by atoms with E-state index in [1.165, 1.54) is 0 Å². The molecular formula is C9H7F3. The molecule has 1 aromatic carbocycles. The minimum Gasteiger partial charge on any atom is -0.207 e. The summed E-state index contributed by atoms with van der Waals surface area (Å²) in [5.41, 5.74) is -0.251. The van der Waals surface area contributed by atoms with Gasteiger partial charge in [0.05, 0.1) is 0 Å². The molecule has 1 aromatic rings. The molecule has 12 heavy (non-hydrogen) atoms. The fraction of sp³-hybridized carbons (Fsp3) is 0.111. The van der Waals surface area contributed by atoms with Crippen LogP contribution in [0.3, 0.4) is 0 Å². The van der Waals surface area contributed by atoms with E-state index < -0.39 is 11.7 Å². The maximum absolute atomic E-state index is 12.8. The second-order valence-electron chi connectivity index (χ2n) is 2.33. The standard InChI is InChI=1S/C9H7F3/c1-2-9(11,12)7-3-5-8(10)6-4-7/h2-6H,1H2. The number of benzene rings is 1. The summed E-state index contributed by atoms with van der Waals surface area (Å²) >= 11 is 0. The summed E-state index contributed by atoms with van der Waals surface area (Å²) in [6, 6.07) is 4.06. The number of alkyl halides is 2. The van der Waals surface area contributed by atoms with Crippen molar-refractivity contribution >= 4 is 0 Å². The average molecular weight is 172 g/mol. The zero-order valence-electron chi connectivity index (χ0n) is 6.23. The molecule has 0 saturated heterocycles. The normalized spacial score (nSPS) is 11.2. The Bertz CT molecular complexity index is 274. The Labute approximate surface area is 68.3 Å². The summed E-state index contributed by atoms with van der Waals surface area (Å²) in [7, 11) is 0. The first-order chi connectivity index (χ1) is 5.56. The fourth-order valence-corrected chi connectivity index (χ4v) is 0.790. The van der Waals surface area contributed by atoms with Gasteiger partial charge in [-0.05, 0) is 30.3 Å². The van der Waals surface area contributed by atoms with Gasteiger partial charge in [-0.25, -0.2) is 4.39 Å². The number of halogens is 3. The highest BCUT2D eigenvalue weighted by atomic mass is 19.3. The van der Waals surface area contributed by atoms with E-state index in [2.05, 4.69) is 6.58 Å². The maximum atomic E-state index is 12.8. The minimum absolute atomic E-state index is 0.251. The molecule has 0 amide bonds. The van der Waals surface area contributed by atoms with Crippen LogP contribution in [0.1, 0.15) is 5.56 Å². The summed E-state index contributed by atoms with van der Waals surface area (Å²) in [6.45, 7) is 2.99. The van der Waals surface area contributed by atoms with E-state index >= 15 is 0 Å². The highest BCUT2D eigenvalue weighted by Crippen LogP contribution is 2.28. The van der Waals surface area contributed by atoms with Crippen molar-refractivity contribution in [2.75, 3.05) is 0 Å². The van der Waals surface area contributed by atoms with Crippen molar-refractivity contribution in [2.45, 2.75) is 5.92 Å². The molecular weight excluding hydrogens is 165 g/mol. The highest BCUT2D eigenvalue weighted by molar-refractivity contribution is 5.24. The van der Waals surface area contributed by atoms with E-state index in [0.29, 0.717) is 6.08 Å². The molecule has 0 atom stereocenters. The van der Waals surface area contributed by atoms with Gasteiger partial charge in [0.1, 0.15) is 5.82 Å². The quantitative estimate of drug-likeness (QED) is 0.601. The molecule has 0 bridgehead atoms. The van der Waals surface area contributed by atoms with Crippen LogP contribution in [0.15, 0.2) is 36.9 Å². The van der Waals surface area contributed by atoms with Crippen LogP contribution in [-0.2, 0) is 5.92 Å². The Balaban J connectivity index is 3.04. The van der Waals surface area contributed by atoms with Gasteiger partial charge in [-0.3, -0.25) is 0 Å². The number of rotatable bonds is 2. The van der Waals surface area contributed by atoms with Crippen LogP contribution >= 0.6 is 0 Å². The minimum atomic E-state index is -3.08. The smallest absolute Gasteiger partial charge is 0.207 e. The Morgan fingerprint density at radius 2 is 1.67 bits per heavy atom. The van der Waals surface area contributed by atoms with Gasteiger partial charge >= 0.3 is 0 Å². The van der Waals surface area contributed by atoms with Gasteiger partial charge in [0.2, 0.25) is 0 Å². The lowest BCUT2D eigenvalue weighted by molar-refractivity contribution is 0.0525. The van der Waals surface area contributed by atoms with Gasteiger partial charge in [-0.15, -0.1) is 0 Å². The molecule has 0 aliphatic heterocycles. The predicted octanol–water partition coefficient (Wildman–Crippen LogP) is 3.10. The average Bonchev–Trinajstić information content (AvgIpc) is 2.05. The van der Waals surface area contributed by atoms with Gasteiger partial charge in [0.15, 0.2) is 0 Å². The summed E-state index contributed by atoms with van der Waals surface area (Å²) in [4.78, 5) is 0. The molecule has 0 radical (unpaired) electrons. The second kappa shape index (κ2) is 3.01. The molecule has 0 fully saturated rings. The zero-order chi connectivity index (χ0) is 9.19. The summed E-state index contributed by atoms with van der Waals surface area (Å²) < 4.78 is 37.9. The van der Waals surface area contributed by atoms with Crippen molar-refractivity contribution in [1.82, 2.24) is 0 Å². The molecule has 0 nitrogen and oxygen atoms in total. The highest BCUT2D eigenvalue weighted by Gasteiger charge is 2.26. The number of allylic oxidation sites excluding steroid dienone is 1. The monoisotopic (exact) mass is 172 g/mol. The third-order valence-electron chi connectivity index (χ3n) is 1.49. The van der Waals surface area contributed by atoms with Gasteiger partial charge in [0, 0.05) is 5.56 Å². The Hall–Kier alpha value is -1.25. The summed E-state index contributed by atoms with van der Waals surface area (Å²) in [6.07, 6.45) is 0.528. The van der Waals surface area contributed by atoms with Crippen molar-refractivity contribution in [1.29, 1.82) is 0 Å². The Morgan fingerprint density at radius 1 is 1.17 bits per heavy atom. The Kier molecular flexibility index (Phi) is 2.22. The summed E-state index contributed by atoms with van der Waals surface area (Å²) in [5.74, 6) is -3.60. The number of hydrogen-bond donors (Lipinski definition) is 0. The molecule has 0 aliphatic rings. The van der Waals surface area contributed by atoms with E-state index in [1.54, 1.807) is 0 Å². The zero-order valence-corrected chi connectivity index (χ0v) is 6.23. The largest absolute Gasteiger partial charge is 0.291 e. The topological polar surface area (TPSA) is 0 Å². The van der Waals surface area contributed by atoms with Gasteiger partial charge < -0.3 is 0 Å². The van der Waals surface area contributed by atoms with Gasteiger partial charge in [0.25, 0.3) is 5.92 Å². The SMILES string of the molecule is C=CC(F)(F)c1ccc(F)cc1. The van der Waals surface area contributed by atoms with Crippen molar-refractivity contribution in [2.24, 2.45) is 0 Å². The molecule has 1 rings (SSSR count). The predicted molar refractivity (Wildman–Crippen MR) is 40.5 cm³/mol. The molecule has 3 heteroatoms. The van der Waals surface area contributed by atoms with Crippen LogP contribution in [0.4, 0.5) is 13.2 Å². The van der Waals surface area contributed by atoms with E-state index in [9.17, 15) is 13.2 Å². The molecule has 0 heterocycles. The molecule has 64 valence electrons. The van der Waals surface area contributed by atoms with Crippen LogP contribution in [0, 0.1) is 5.82 Å². The molecule has 0 unspecified atom stereocenters. The lowest BCUT2D eigenvalue weighted by Gasteiger charge is -2.10. The van der Waals surface area contributed by atoms with Crippen LogP contribution < -0.4 is 0 Å². The van der Waals surface area contributed by atoms with Crippen molar-refractivity contribution < 1.29 is 13.2 Å². The third kappa shape index (κ3) is 1.67. The van der Waals surface area contributed by atoms with Crippen molar-refractivity contribution in [3.8, 4) is 0 Å². The second-order valence-corrected chi connectivity index (χ2v) is 2.33. The first-order valence-corrected chi connectivity index (χ1v) is 3.34. The third-order valence-corrected chi connectivity index (χ3v) is 1.49. The molecule has 0 saturated carbocycles. The first kappa shape index (κ1) is 8.84.